The number of carbonyl (C=O) groups excluding carboxylic acids is 3. The van der Waals surface area contributed by atoms with Gasteiger partial charge in [0.05, 0.1) is 33.0 Å². The van der Waals surface area contributed by atoms with Crippen LogP contribution in [0.25, 0.3) is 0 Å². The normalized spacial score (nSPS) is 20.4. The van der Waals surface area contributed by atoms with Crippen LogP contribution in [0.4, 0.5) is 27.9 Å². The van der Waals surface area contributed by atoms with Crippen LogP contribution in [0, 0.1) is 11.8 Å². The first-order valence-corrected chi connectivity index (χ1v) is 19.5. The van der Waals surface area contributed by atoms with Gasteiger partial charge < -0.3 is 25.4 Å². The minimum atomic E-state index is -0.434. The largest absolute Gasteiger partial charge is 0.495 e. The van der Waals surface area contributed by atoms with Crippen LogP contribution in [-0.2, 0) is 22.7 Å². The summed E-state index contributed by atoms with van der Waals surface area (Å²) in [5, 5.41) is 9.91. The van der Waals surface area contributed by atoms with Crippen molar-refractivity contribution < 1.29 is 23.9 Å². The monoisotopic (exact) mass is 777 g/mol. The number of nitrogens with one attached hydrogen (secondary N) is 3. The molecule has 3 unspecified atom stereocenters. The van der Waals surface area contributed by atoms with E-state index in [0.29, 0.717) is 52.8 Å². The lowest BCUT2D eigenvalue weighted by Crippen LogP contribution is -2.51. The average Bonchev–Trinajstić information content (AvgIpc) is 3.47. The highest BCUT2D eigenvalue weighted by Gasteiger charge is 2.39. The molecule has 0 radical (unpaired) electrons. The summed E-state index contributed by atoms with van der Waals surface area (Å²) in [5.41, 5.74) is 2.25. The third-order valence-electron chi connectivity index (χ3n) is 10.9. The van der Waals surface area contributed by atoms with E-state index in [9.17, 15) is 14.4 Å². The number of rotatable bonds is 12. The van der Waals surface area contributed by atoms with Crippen molar-refractivity contribution in [2.45, 2.75) is 96.3 Å². The Morgan fingerprint density at radius 2 is 1.70 bits per heavy atom. The quantitative estimate of drug-likeness (QED) is 0.123. The number of methoxy groups -OCH3 is 2. The van der Waals surface area contributed by atoms with Crippen LogP contribution in [0.3, 0.4) is 0 Å². The number of ether oxygens (including phenoxy) is 2. The SMILES string of the molecule is C=CC(=O)NC1CCC(C2CCCCCC2)CC1Nc1ncc2c(n1)N(Cc1cccc(NC(=O)CC)c1)C(=O)N(c1c(Cl)c(OC)cc(OC)c1Cl)C2. The van der Waals surface area contributed by atoms with Gasteiger partial charge in [-0.05, 0) is 54.9 Å². The minimum absolute atomic E-state index is 0.0680. The molecule has 2 saturated carbocycles. The Hall–Kier alpha value is -4.55. The summed E-state index contributed by atoms with van der Waals surface area (Å²) in [6.07, 6.45) is 13.7. The van der Waals surface area contributed by atoms with Crippen molar-refractivity contribution in [2.24, 2.45) is 11.8 Å². The van der Waals surface area contributed by atoms with Gasteiger partial charge in [-0.1, -0.05) is 87.4 Å². The molecule has 2 aliphatic carbocycles. The lowest BCUT2D eigenvalue weighted by Gasteiger charge is -2.40. The third-order valence-corrected chi connectivity index (χ3v) is 11.6. The zero-order valence-corrected chi connectivity index (χ0v) is 32.6. The summed E-state index contributed by atoms with van der Waals surface area (Å²) in [7, 11) is 2.95. The first kappa shape index (κ1) is 39.2. The molecule has 1 aromatic heterocycles. The number of amides is 4. The molecule has 3 N–H and O–H groups in total. The molecule has 12 nitrogen and oxygen atoms in total. The first-order valence-electron chi connectivity index (χ1n) is 18.8. The predicted octanol–water partition coefficient (Wildman–Crippen LogP) is 8.52. The molecule has 6 rings (SSSR count). The number of urea groups is 1. The molecule has 0 bridgehead atoms. The minimum Gasteiger partial charge on any atom is -0.495 e. The molecule has 0 spiro atoms. The van der Waals surface area contributed by atoms with Crippen molar-refractivity contribution >= 4 is 64.2 Å². The molecular weight excluding hydrogens is 729 g/mol. The number of benzene rings is 2. The highest BCUT2D eigenvalue weighted by Crippen LogP contribution is 2.48. The molecule has 3 atom stereocenters. The van der Waals surface area contributed by atoms with Gasteiger partial charge in [0.1, 0.15) is 27.4 Å². The van der Waals surface area contributed by atoms with Crippen LogP contribution in [0.1, 0.15) is 82.3 Å². The summed E-state index contributed by atoms with van der Waals surface area (Å²) in [6.45, 7) is 5.62. The Kier molecular flexibility index (Phi) is 12.9. The first-order chi connectivity index (χ1) is 26.1. The fourth-order valence-electron chi connectivity index (χ4n) is 8.05. The fourth-order valence-corrected chi connectivity index (χ4v) is 8.75. The van der Waals surface area contributed by atoms with Crippen molar-refractivity contribution in [3.8, 4) is 11.5 Å². The van der Waals surface area contributed by atoms with Crippen molar-refractivity contribution in [1.82, 2.24) is 15.3 Å². The maximum Gasteiger partial charge on any atom is 0.330 e. The van der Waals surface area contributed by atoms with E-state index in [1.54, 1.807) is 30.2 Å². The summed E-state index contributed by atoms with van der Waals surface area (Å²) >= 11 is 13.7. The summed E-state index contributed by atoms with van der Waals surface area (Å²) in [5.74, 6) is 2.20. The zero-order chi connectivity index (χ0) is 38.4. The number of nitrogens with zero attached hydrogens (tertiary/aromatic N) is 4. The van der Waals surface area contributed by atoms with Gasteiger partial charge in [-0.3, -0.25) is 19.4 Å². The van der Waals surface area contributed by atoms with E-state index in [1.807, 2.05) is 18.2 Å². The maximum absolute atomic E-state index is 14.7. The Morgan fingerprint density at radius 1 is 0.981 bits per heavy atom. The Labute approximate surface area is 327 Å². The van der Waals surface area contributed by atoms with Crippen LogP contribution in [0.5, 0.6) is 11.5 Å². The van der Waals surface area contributed by atoms with Crippen molar-refractivity contribution in [3.05, 3.63) is 70.4 Å². The van der Waals surface area contributed by atoms with Gasteiger partial charge in [0, 0.05) is 42.0 Å². The topological polar surface area (TPSA) is 138 Å². The molecular formula is C40H49Cl2N7O5. The Balaban J connectivity index is 1.37. The molecule has 2 aromatic carbocycles. The second-order valence-corrected chi connectivity index (χ2v) is 15.0. The summed E-state index contributed by atoms with van der Waals surface area (Å²) in [4.78, 5) is 52.2. The second kappa shape index (κ2) is 17.7. The van der Waals surface area contributed by atoms with Gasteiger partial charge in [0.25, 0.3) is 0 Å². The third kappa shape index (κ3) is 8.70. The van der Waals surface area contributed by atoms with Crippen LogP contribution < -0.4 is 35.2 Å². The molecule has 288 valence electrons. The van der Waals surface area contributed by atoms with Crippen molar-refractivity contribution in [2.75, 3.05) is 34.7 Å². The molecule has 2 fully saturated rings. The smallest absolute Gasteiger partial charge is 0.330 e. The standard InChI is InChI=1S/C40H49Cl2N7O5/c1-5-33(50)44-28-15-11-12-24(18-28)22-49-38-27(23-48(40(49)52)37-35(41)31(53-3)20-32(54-4)36(37)42)21-43-39(47-38)46-30-19-26(25-13-9-7-8-10-14-25)16-17-29(30)45-34(51)6-2/h6,11-12,15,18,20-21,25-26,29-30H,2,5,7-10,13-14,16-17,19,22-23H2,1,3-4H3,(H,44,50)(H,45,51)(H,43,46,47). The molecule has 1 aliphatic heterocycles. The van der Waals surface area contributed by atoms with Crippen molar-refractivity contribution in [1.29, 1.82) is 0 Å². The van der Waals surface area contributed by atoms with Crippen LogP contribution in [-0.4, -0.2) is 54.1 Å². The number of hydrogen-bond acceptors (Lipinski definition) is 8. The molecule has 4 amide bonds. The van der Waals surface area contributed by atoms with E-state index in [1.165, 1.54) is 63.7 Å². The predicted molar refractivity (Wildman–Crippen MR) is 213 cm³/mol. The van der Waals surface area contributed by atoms with Gasteiger partial charge in [0.2, 0.25) is 17.8 Å². The van der Waals surface area contributed by atoms with Gasteiger partial charge in [-0.25, -0.2) is 9.78 Å². The number of anilines is 4. The lowest BCUT2D eigenvalue weighted by molar-refractivity contribution is -0.117. The van der Waals surface area contributed by atoms with E-state index in [0.717, 1.165) is 24.8 Å². The zero-order valence-electron chi connectivity index (χ0n) is 31.1. The maximum atomic E-state index is 14.7. The molecule has 3 aromatic rings. The molecule has 14 heteroatoms. The fraction of sp³-hybridized carbons (Fsp3) is 0.475. The van der Waals surface area contributed by atoms with Crippen LogP contribution in [0.15, 0.2) is 49.2 Å². The second-order valence-electron chi connectivity index (χ2n) is 14.3. The average molecular weight is 779 g/mol. The number of halogens is 2. The van der Waals surface area contributed by atoms with Gasteiger partial charge in [-0.2, -0.15) is 4.98 Å². The van der Waals surface area contributed by atoms with Crippen molar-refractivity contribution in [3.63, 3.8) is 0 Å². The van der Waals surface area contributed by atoms with Crippen LogP contribution in [0.2, 0.25) is 10.0 Å². The molecule has 3 aliphatic rings. The number of hydrogen-bond donors (Lipinski definition) is 3. The molecule has 54 heavy (non-hydrogen) atoms. The number of aromatic nitrogens is 2. The number of carbonyl (C=O) groups is 3. The van der Waals surface area contributed by atoms with Crippen LogP contribution >= 0.6 is 23.2 Å². The van der Waals surface area contributed by atoms with Gasteiger partial charge >= 0.3 is 6.03 Å². The molecule has 0 saturated heterocycles. The number of fused-ring (bicyclic) bond motifs is 1. The van der Waals surface area contributed by atoms with Gasteiger partial charge in [0.15, 0.2) is 0 Å². The van der Waals surface area contributed by atoms with E-state index < -0.39 is 6.03 Å². The van der Waals surface area contributed by atoms with E-state index in [4.69, 9.17) is 42.6 Å². The summed E-state index contributed by atoms with van der Waals surface area (Å²) in [6, 6.07) is 8.21. The highest BCUT2D eigenvalue weighted by molar-refractivity contribution is 6.42. The Bertz CT molecular complexity index is 1840. The summed E-state index contributed by atoms with van der Waals surface area (Å²) < 4.78 is 11.0. The van der Waals surface area contributed by atoms with Gasteiger partial charge in [-0.15, -0.1) is 0 Å². The van der Waals surface area contributed by atoms with E-state index in [2.05, 4.69) is 22.5 Å². The van der Waals surface area contributed by atoms with E-state index >= 15 is 0 Å². The van der Waals surface area contributed by atoms with E-state index in [-0.39, 0.29) is 52.7 Å². The lowest BCUT2D eigenvalue weighted by atomic mass is 9.73. The highest BCUT2D eigenvalue weighted by atomic mass is 35.5. The Morgan fingerprint density at radius 3 is 2.37 bits per heavy atom. The molecule has 2 heterocycles.